The van der Waals surface area contributed by atoms with Gasteiger partial charge in [-0.2, -0.15) is 0 Å². The van der Waals surface area contributed by atoms with Crippen LogP contribution in [0, 0.1) is 0 Å². The molecule has 0 bridgehead atoms. The maximum Gasteiger partial charge on any atom is 0.223 e. The Bertz CT molecular complexity index is 191. The lowest BCUT2D eigenvalue weighted by molar-refractivity contribution is -0.131. The van der Waals surface area contributed by atoms with Crippen molar-refractivity contribution in [3.63, 3.8) is 0 Å². The van der Waals surface area contributed by atoms with Crippen LogP contribution in [0.3, 0.4) is 0 Å². The van der Waals surface area contributed by atoms with E-state index in [-0.39, 0.29) is 12.5 Å². The van der Waals surface area contributed by atoms with Crippen LogP contribution in [0.2, 0.25) is 0 Å². The molecule has 1 amide bonds. The number of piperidine rings is 1. The van der Waals surface area contributed by atoms with E-state index in [0.717, 1.165) is 51.9 Å². The van der Waals surface area contributed by atoms with Gasteiger partial charge in [0.15, 0.2) is 0 Å². The van der Waals surface area contributed by atoms with Crippen LogP contribution in [0.25, 0.3) is 0 Å². The van der Waals surface area contributed by atoms with Gasteiger partial charge in [0.1, 0.15) is 0 Å². The third kappa shape index (κ3) is 5.47. The predicted octanol–water partition coefficient (Wildman–Crippen LogP) is 0.751. The summed E-state index contributed by atoms with van der Waals surface area (Å²) in [7, 11) is 0. The highest BCUT2D eigenvalue weighted by Gasteiger charge is 2.15. The summed E-state index contributed by atoms with van der Waals surface area (Å²) in [6.07, 6.45) is 6.02. The third-order valence-corrected chi connectivity index (χ3v) is 2.99. The van der Waals surface area contributed by atoms with Crippen molar-refractivity contribution in [3.05, 3.63) is 0 Å². The van der Waals surface area contributed by atoms with Crippen molar-refractivity contribution in [1.29, 1.82) is 0 Å². The molecule has 2 N–H and O–H groups in total. The summed E-state index contributed by atoms with van der Waals surface area (Å²) < 4.78 is 0. The monoisotopic (exact) mass is 228 g/mol. The van der Waals surface area contributed by atoms with Gasteiger partial charge in [0.2, 0.25) is 5.91 Å². The van der Waals surface area contributed by atoms with E-state index in [0.29, 0.717) is 6.42 Å². The molecule has 94 valence electrons. The Hall–Kier alpha value is -0.610. The lowest BCUT2D eigenvalue weighted by Crippen LogP contribution is -2.37. The molecule has 0 unspecified atom stereocenters. The first kappa shape index (κ1) is 13.5. The van der Waals surface area contributed by atoms with E-state index in [9.17, 15) is 4.79 Å². The molecular formula is C12H24N2O2. The van der Waals surface area contributed by atoms with E-state index in [4.69, 9.17) is 5.11 Å². The summed E-state index contributed by atoms with van der Waals surface area (Å²) in [4.78, 5) is 13.7. The van der Waals surface area contributed by atoms with Crippen LogP contribution in [0.1, 0.15) is 38.5 Å². The highest BCUT2D eigenvalue weighted by Crippen LogP contribution is 2.09. The Morgan fingerprint density at radius 1 is 1.12 bits per heavy atom. The summed E-state index contributed by atoms with van der Waals surface area (Å²) in [6, 6.07) is 0. The minimum atomic E-state index is 0.258. The lowest BCUT2D eigenvalue weighted by Gasteiger charge is -2.26. The van der Waals surface area contributed by atoms with E-state index in [2.05, 4.69) is 5.32 Å². The first-order chi connectivity index (χ1) is 7.84. The molecule has 4 heteroatoms. The fourth-order valence-corrected chi connectivity index (χ4v) is 1.98. The second-order valence-corrected chi connectivity index (χ2v) is 4.37. The number of carbonyl (C=O) groups is 1. The average molecular weight is 228 g/mol. The molecule has 4 nitrogen and oxygen atoms in total. The summed E-state index contributed by atoms with van der Waals surface area (Å²) in [5.74, 6) is 0.286. The summed E-state index contributed by atoms with van der Waals surface area (Å²) in [5.41, 5.74) is 0. The van der Waals surface area contributed by atoms with Gasteiger partial charge in [-0.05, 0) is 38.6 Å². The smallest absolute Gasteiger partial charge is 0.223 e. The third-order valence-electron chi connectivity index (χ3n) is 2.99. The van der Waals surface area contributed by atoms with Crippen molar-refractivity contribution in [1.82, 2.24) is 10.2 Å². The maximum absolute atomic E-state index is 11.7. The number of rotatable bonds is 7. The van der Waals surface area contributed by atoms with Gasteiger partial charge in [-0.25, -0.2) is 0 Å². The highest BCUT2D eigenvalue weighted by molar-refractivity contribution is 5.76. The number of nitrogens with one attached hydrogen (secondary N) is 1. The first-order valence-corrected chi connectivity index (χ1v) is 6.44. The van der Waals surface area contributed by atoms with Crippen molar-refractivity contribution >= 4 is 5.91 Å². The van der Waals surface area contributed by atoms with E-state index < -0.39 is 0 Å². The van der Waals surface area contributed by atoms with E-state index >= 15 is 0 Å². The Morgan fingerprint density at radius 3 is 2.56 bits per heavy atom. The number of carbonyl (C=O) groups excluding carboxylic acids is 1. The number of hydrogen-bond donors (Lipinski definition) is 2. The fourth-order valence-electron chi connectivity index (χ4n) is 1.98. The Kier molecular flexibility index (Phi) is 7.17. The molecule has 0 aromatic rings. The summed E-state index contributed by atoms with van der Waals surface area (Å²) >= 11 is 0. The summed E-state index contributed by atoms with van der Waals surface area (Å²) in [6.45, 7) is 3.82. The average Bonchev–Trinajstić information content (AvgIpc) is 2.34. The number of unbranched alkanes of at least 4 members (excludes halogenated alkanes) is 1. The fraction of sp³-hybridized carbons (Fsp3) is 0.917. The lowest BCUT2D eigenvalue weighted by atomic mass is 10.1. The van der Waals surface area contributed by atoms with Crippen molar-refractivity contribution in [2.24, 2.45) is 0 Å². The second kappa shape index (κ2) is 8.53. The zero-order valence-corrected chi connectivity index (χ0v) is 10.1. The van der Waals surface area contributed by atoms with Crippen LogP contribution in [0.4, 0.5) is 0 Å². The van der Waals surface area contributed by atoms with Gasteiger partial charge < -0.3 is 15.3 Å². The molecule has 1 heterocycles. The molecule has 0 aliphatic carbocycles. The zero-order chi connectivity index (χ0) is 11.6. The molecule has 0 aromatic carbocycles. The number of aliphatic hydroxyl groups is 1. The van der Waals surface area contributed by atoms with Gasteiger partial charge in [0, 0.05) is 32.7 Å². The molecule has 0 spiro atoms. The topological polar surface area (TPSA) is 52.6 Å². The van der Waals surface area contributed by atoms with Gasteiger partial charge >= 0.3 is 0 Å². The van der Waals surface area contributed by atoms with Crippen LogP contribution in [0.15, 0.2) is 0 Å². The molecular weight excluding hydrogens is 204 g/mol. The van der Waals surface area contributed by atoms with Crippen LogP contribution in [0.5, 0.6) is 0 Å². The molecule has 1 rings (SSSR count). The van der Waals surface area contributed by atoms with Crippen LogP contribution in [-0.2, 0) is 4.79 Å². The SMILES string of the molecule is O=C(CCNCCCCO)N1CCCCC1. The number of aliphatic hydroxyl groups excluding tert-OH is 1. The van der Waals surface area contributed by atoms with Gasteiger partial charge in [-0.15, -0.1) is 0 Å². The second-order valence-electron chi connectivity index (χ2n) is 4.37. The molecule has 0 atom stereocenters. The van der Waals surface area contributed by atoms with Crippen LogP contribution >= 0.6 is 0 Å². The minimum absolute atomic E-state index is 0.258. The number of nitrogens with zero attached hydrogens (tertiary/aromatic N) is 1. The van der Waals surface area contributed by atoms with Gasteiger partial charge in [0.05, 0.1) is 0 Å². The maximum atomic E-state index is 11.7. The largest absolute Gasteiger partial charge is 0.396 e. The standard InChI is InChI=1S/C12H24N2O2/c15-11-5-2-7-13-8-6-12(16)14-9-3-1-4-10-14/h13,15H,1-11H2. The normalized spacial score (nSPS) is 16.4. The molecule has 16 heavy (non-hydrogen) atoms. The van der Waals surface area contributed by atoms with Gasteiger partial charge in [0.25, 0.3) is 0 Å². The molecule has 1 saturated heterocycles. The molecule has 1 aliphatic heterocycles. The molecule has 0 saturated carbocycles. The Labute approximate surface area is 98.0 Å². The molecule has 1 fully saturated rings. The number of hydrogen-bond acceptors (Lipinski definition) is 3. The van der Waals surface area contributed by atoms with Crippen molar-refractivity contribution < 1.29 is 9.90 Å². The van der Waals surface area contributed by atoms with Gasteiger partial charge in [-0.1, -0.05) is 0 Å². The predicted molar refractivity (Wildman–Crippen MR) is 64.2 cm³/mol. The number of amides is 1. The molecule has 0 radical (unpaired) electrons. The highest BCUT2D eigenvalue weighted by atomic mass is 16.2. The molecule has 0 aromatic heterocycles. The minimum Gasteiger partial charge on any atom is -0.396 e. The van der Waals surface area contributed by atoms with Crippen molar-refractivity contribution in [2.45, 2.75) is 38.5 Å². The zero-order valence-electron chi connectivity index (χ0n) is 10.1. The quantitative estimate of drug-likeness (QED) is 0.632. The van der Waals surface area contributed by atoms with Crippen LogP contribution < -0.4 is 5.32 Å². The van der Waals surface area contributed by atoms with Crippen molar-refractivity contribution in [3.8, 4) is 0 Å². The Morgan fingerprint density at radius 2 is 1.88 bits per heavy atom. The van der Waals surface area contributed by atoms with Crippen LogP contribution in [-0.4, -0.2) is 48.7 Å². The van der Waals surface area contributed by atoms with Gasteiger partial charge in [-0.3, -0.25) is 4.79 Å². The van der Waals surface area contributed by atoms with Crippen molar-refractivity contribution in [2.75, 3.05) is 32.8 Å². The van der Waals surface area contributed by atoms with E-state index in [1.54, 1.807) is 0 Å². The van der Waals surface area contributed by atoms with E-state index in [1.807, 2.05) is 4.90 Å². The Balaban J connectivity index is 1.97. The molecule has 1 aliphatic rings. The summed E-state index contributed by atoms with van der Waals surface area (Å²) in [5, 5.41) is 11.8. The van der Waals surface area contributed by atoms with E-state index in [1.165, 1.54) is 6.42 Å². The number of likely N-dealkylation sites (tertiary alicyclic amines) is 1. The first-order valence-electron chi connectivity index (χ1n) is 6.44.